The summed E-state index contributed by atoms with van der Waals surface area (Å²) in [5.74, 6) is -2.18. The number of hydrogen-bond donors (Lipinski definition) is 1. The summed E-state index contributed by atoms with van der Waals surface area (Å²) in [4.78, 5) is 16.1. The van der Waals surface area contributed by atoms with Crippen molar-refractivity contribution in [3.8, 4) is 0 Å². The second kappa shape index (κ2) is 7.13. The average molecular weight is 340 g/mol. The lowest BCUT2D eigenvalue weighted by Crippen LogP contribution is -2.53. The van der Waals surface area contributed by atoms with Crippen LogP contribution >= 0.6 is 0 Å². The van der Waals surface area contributed by atoms with Gasteiger partial charge in [0.15, 0.2) is 0 Å². The van der Waals surface area contributed by atoms with Crippen LogP contribution in [0.5, 0.6) is 0 Å². The van der Waals surface area contributed by atoms with Gasteiger partial charge in [0.25, 0.3) is 5.91 Å². The highest BCUT2D eigenvalue weighted by Crippen LogP contribution is 2.20. The minimum Gasteiger partial charge on any atom is -0.384 e. The smallest absolute Gasteiger partial charge is 0.257 e. The number of rotatable bonds is 3. The molecule has 0 aromatic heterocycles. The number of ether oxygens (including phenoxy) is 1. The number of likely N-dealkylation sites (tertiary alicyclic amines) is 1. The Morgan fingerprint density at radius 1 is 1.25 bits per heavy atom. The molecule has 0 radical (unpaired) electrons. The Kier molecular flexibility index (Phi) is 5.12. The van der Waals surface area contributed by atoms with E-state index in [0.29, 0.717) is 12.6 Å². The zero-order valence-electron chi connectivity index (χ0n) is 13.5. The van der Waals surface area contributed by atoms with Crippen LogP contribution in [0.25, 0.3) is 0 Å². The first-order valence-electron chi connectivity index (χ1n) is 8.24. The number of halogens is 2. The Labute approximate surface area is 139 Å². The minimum absolute atomic E-state index is 0.0686. The van der Waals surface area contributed by atoms with Crippen molar-refractivity contribution in [2.75, 3.05) is 45.9 Å². The van der Waals surface area contributed by atoms with Crippen LogP contribution in [0, 0.1) is 11.6 Å². The zero-order valence-corrected chi connectivity index (χ0v) is 13.5. The quantitative estimate of drug-likeness (QED) is 0.900. The third-order valence-corrected chi connectivity index (χ3v) is 4.53. The number of β-amino-alcohol motifs (C(OH)–C–C–N with tert-alkyl or cyclic N) is 1. The van der Waals surface area contributed by atoms with Gasteiger partial charge in [-0.25, -0.2) is 8.78 Å². The van der Waals surface area contributed by atoms with Crippen LogP contribution in [0.1, 0.15) is 23.2 Å². The van der Waals surface area contributed by atoms with E-state index >= 15 is 0 Å². The Morgan fingerprint density at radius 3 is 2.71 bits per heavy atom. The predicted molar refractivity (Wildman–Crippen MR) is 83.7 cm³/mol. The van der Waals surface area contributed by atoms with E-state index < -0.39 is 23.1 Å². The summed E-state index contributed by atoms with van der Waals surface area (Å²) in [6.07, 6.45) is 2.20. The van der Waals surface area contributed by atoms with E-state index in [9.17, 15) is 18.7 Å². The molecule has 0 spiro atoms. The molecule has 1 aromatic carbocycles. The highest BCUT2D eigenvalue weighted by atomic mass is 19.1. The topological polar surface area (TPSA) is 53.0 Å². The molecule has 0 bridgehead atoms. The molecule has 2 saturated heterocycles. The number of carbonyl (C=O) groups is 1. The first-order valence-corrected chi connectivity index (χ1v) is 8.24. The molecule has 2 aliphatic rings. The van der Waals surface area contributed by atoms with Crippen LogP contribution in [0.4, 0.5) is 8.78 Å². The maximum atomic E-state index is 13.9. The second-order valence-corrected chi connectivity index (χ2v) is 6.61. The Hall–Kier alpha value is -1.57. The fourth-order valence-electron chi connectivity index (χ4n) is 3.38. The lowest BCUT2D eigenvalue weighted by atomic mass is 10.0. The Morgan fingerprint density at radius 2 is 2.00 bits per heavy atom. The van der Waals surface area contributed by atoms with Crippen molar-refractivity contribution in [2.24, 2.45) is 0 Å². The van der Waals surface area contributed by atoms with E-state index in [4.69, 9.17) is 4.74 Å². The fraction of sp³-hybridized carbons (Fsp3) is 0.588. The molecular weight excluding hydrogens is 318 g/mol. The number of carbonyl (C=O) groups excluding carboxylic acids is 1. The number of aliphatic hydroxyl groups is 1. The van der Waals surface area contributed by atoms with Crippen molar-refractivity contribution in [3.63, 3.8) is 0 Å². The molecule has 2 aliphatic heterocycles. The van der Waals surface area contributed by atoms with Gasteiger partial charge in [0, 0.05) is 19.2 Å². The number of amides is 1. The monoisotopic (exact) mass is 340 g/mol. The fourth-order valence-corrected chi connectivity index (χ4v) is 3.38. The summed E-state index contributed by atoms with van der Waals surface area (Å²) in [6, 6.07) is 2.89. The molecule has 7 heteroatoms. The molecule has 2 heterocycles. The minimum atomic E-state index is -1.19. The molecule has 1 amide bonds. The van der Waals surface area contributed by atoms with Crippen molar-refractivity contribution in [1.82, 2.24) is 9.80 Å². The van der Waals surface area contributed by atoms with Gasteiger partial charge in [-0.05, 0) is 38.1 Å². The third kappa shape index (κ3) is 3.91. The second-order valence-electron chi connectivity index (χ2n) is 6.61. The molecule has 0 aliphatic carbocycles. The molecule has 1 aromatic rings. The van der Waals surface area contributed by atoms with Crippen LogP contribution in [-0.2, 0) is 4.74 Å². The Bertz CT molecular complexity index is 607. The van der Waals surface area contributed by atoms with Gasteiger partial charge < -0.3 is 19.6 Å². The van der Waals surface area contributed by atoms with Gasteiger partial charge in [-0.2, -0.15) is 0 Å². The van der Waals surface area contributed by atoms with Gasteiger partial charge >= 0.3 is 0 Å². The highest BCUT2D eigenvalue weighted by molar-refractivity contribution is 5.94. The van der Waals surface area contributed by atoms with Crippen LogP contribution in [0.15, 0.2) is 18.2 Å². The van der Waals surface area contributed by atoms with Gasteiger partial charge in [0.05, 0.1) is 25.3 Å². The molecule has 24 heavy (non-hydrogen) atoms. The zero-order chi connectivity index (χ0) is 17.2. The standard InChI is InChI=1S/C17H22F2N2O3/c18-13-3-4-14(15(19)9-13)16(22)21-7-8-24-12-17(23,11-21)10-20-5-1-2-6-20/h3-4,9,23H,1-2,5-8,10-12H2/t17-/m1/s1. The molecule has 0 saturated carbocycles. The van der Waals surface area contributed by atoms with Crippen molar-refractivity contribution in [3.05, 3.63) is 35.4 Å². The summed E-state index contributed by atoms with van der Waals surface area (Å²) in [7, 11) is 0. The van der Waals surface area contributed by atoms with Crippen molar-refractivity contribution < 1.29 is 23.4 Å². The molecule has 5 nitrogen and oxygen atoms in total. The van der Waals surface area contributed by atoms with E-state index in [-0.39, 0.29) is 31.9 Å². The number of benzene rings is 1. The summed E-state index contributed by atoms with van der Waals surface area (Å²) < 4.78 is 32.4. The normalized spacial score (nSPS) is 25.7. The SMILES string of the molecule is O=C(c1ccc(F)cc1F)N1CCOC[C@@](O)(CN2CCCC2)C1. The molecule has 1 atom stereocenters. The lowest BCUT2D eigenvalue weighted by molar-refractivity contribution is -0.0524. The van der Waals surface area contributed by atoms with Gasteiger partial charge in [0.1, 0.15) is 17.2 Å². The molecule has 132 valence electrons. The third-order valence-electron chi connectivity index (χ3n) is 4.53. The maximum absolute atomic E-state index is 13.9. The van der Waals surface area contributed by atoms with Crippen molar-refractivity contribution >= 4 is 5.91 Å². The largest absolute Gasteiger partial charge is 0.384 e. The van der Waals surface area contributed by atoms with Gasteiger partial charge in [-0.15, -0.1) is 0 Å². The van der Waals surface area contributed by atoms with Crippen molar-refractivity contribution in [1.29, 1.82) is 0 Å². The molecular formula is C17H22F2N2O3. The molecule has 3 rings (SSSR count). The summed E-state index contributed by atoms with van der Waals surface area (Å²) in [5, 5.41) is 10.9. The molecule has 1 N–H and O–H groups in total. The first-order chi connectivity index (χ1) is 11.5. The van der Waals surface area contributed by atoms with E-state index in [2.05, 4.69) is 4.90 Å². The summed E-state index contributed by atoms with van der Waals surface area (Å²) >= 11 is 0. The Balaban J connectivity index is 1.75. The number of nitrogens with zero attached hydrogens (tertiary/aromatic N) is 2. The molecule has 2 fully saturated rings. The summed E-state index contributed by atoms with van der Waals surface area (Å²) in [6.45, 7) is 3.00. The van der Waals surface area contributed by atoms with Crippen LogP contribution in [0.2, 0.25) is 0 Å². The maximum Gasteiger partial charge on any atom is 0.257 e. The molecule has 0 unspecified atom stereocenters. The van der Waals surface area contributed by atoms with E-state index in [1.807, 2.05) is 0 Å². The van der Waals surface area contributed by atoms with E-state index in [1.165, 1.54) is 4.90 Å². The van der Waals surface area contributed by atoms with Crippen LogP contribution in [-0.4, -0.2) is 72.4 Å². The summed E-state index contributed by atoms with van der Waals surface area (Å²) in [5.41, 5.74) is -1.38. The lowest BCUT2D eigenvalue weighted by Gasteiger charge is -2.34. The first kappa shape index (κ1) is 17.3. The average Bonchev–Trinajstić information content (AvgIpc) is 2.94. The highest BCUT2D eigenvalue weighted by Gasteiger charge is 2.37. The van der Waals surface area contributed by atoms with Gasteiger partial charge in [-0.1, -0.05) is 0 Å². The van der Waals surface area contributed by atoms with E-state index in [1.54, 1.807) is 0 Å². The van der Waals surface area contributed by atoms with E-state index in [0.717, 1.165) is 38.1 Å². The van der Waals surface area contributed by atoms with Crippen LogP contribution in [0.3, 0.4) is 0 Å². The van der Waals surface area contributed by atoms with Crippen molar-refractivity contribution in [2.45, 2.75) is 18.4 Å². The predicted octanol–water partition coefficient (Wildman–Crippen LogP) is 1.26. The van der Waals surface area contributed by atoms with Crippen LogP contribution < -0.4 is 0 Å². The number of hydrogen-bond acceptors (Lipinski definition) is 4. The van der Waals surface area contributed by atoms with Gasteiger partial charge in [-0.3, -0.25) is 4.79 Å². The van der Waals surface area contributed by atoms with Gasteiger partial charge in [0.2, 0.25) is 0 Å².